The highest BCUT2D eigenvalue weighted by molar-refractivity contribution is 7.86. The summed E-state index contributed by atoms with van der Waals surface area (Å²) in [7, 11) is 12.3. The summed E-state index contributed by atoms with van der Waals surface area (Å²) in [5, 5.41) is 0. The Morgan fingerprint density at radius 2 is 1.70 bits per heavy atom. The van der Waals surface area contributed by atoms with Gasteiger partial charge in [-0.05, 0) is 17.2 Å². The van der Waals surface area contributed by atoms with Crippen LogP contribution in [0, 0.1) is 0 Å². The molecule has 9 heteroatoms. The number of rotatable bonds is 6. The summed E-state index contributed by atoms with van der Waals surface area (Å²) in [4.78, 5) is 11.4. The van der Waals surface area contributed by atoms with Gasteiger partial charge in [-0.1, -0.05) is 30.6 Å². The minimum atomic E-state index is -4.44. The molecule has 1 aromatic carbocycles. The standard InChI is InChI=1S/C11H11B3O5S/c12-3-7-1-2-10(9(5-14)8(7)4-13)19-11(15)6-20(16,17)18/h1-2H,3-6H2,(H,16,17,18). The molecule has 0 unspecified atom stereocenters. The highest BCUT2D eigenvalue weighted by atomic mass is 32.2. The molecule has 0 heterocycles. The number of ether oxygens (including phenoxy) is 1. The van der Waals surface area contributed by atoms with Gasteiger partial charge in [-0.25, -0.2) is 0 Å². The quantitative estimate of drug-likeness (QED) is 0.330. The van der Waals surface area contributed by atoms with Gasteiger partial charge in [-0.2, -0.15) is 8.42 Å². The molecule has 1 aromatic rings. The summed E-state index contributed by atoms with van der Waals surface area (Å²) in [5.41, 5.74) is 1.91. The van der Waals surface area contributed by atoms with Gasteiger partial charge in [-0.15, -0.1) is 0 Å². The van der Waals surface area contributed by atoms with E-state index in [1.165, 1.54) is 6.07 Å². The summed E-state index contributed by atoms with van der Waals surface area (Å²) in [6, 6.07) is 3.09. The van der Waals surface area contributed by atoms with E-state index in [-0.39, 0.29) is 24.7 Å². The Balaban J connectivity index is 3.10. The van der Waals surface area contributed by atoms with Crippen molar-refractivity contribution >= 4 is 39.6 Å². The fourth-order valence-electron chi connectivity index (χ4n) is 1.79. The lowest BCUT2D eigenvalue weighted by Gasteiger charge is -2.16. The molecule has 1 N–H and O–H groups in total. The normalized spacial score (nSPS) is 11.2. The van der Waals surface area contributed by atoms with Crippen molar-refractivity contribution in [3.05, 3.63) is 28.8 Å². The first-order chi connectivity index (χ1) is 9.32. The highest BCUT2D eigenvalue weighted by Gasteiger charge is 2.18. The first kappa shape index (κ1) is 16.8. The summed E-state index contributed by atoms with van der Waals surface area (Å²) in [6.45, 7) is 0. The lowest BCUT2D eigenvalue weighted by Crippen LogP contribution is -2.21. The van der Waals surface area contributed by atoms with Crippen LogP contribution in [0.2, 0.25) is 0 Å². The van der Waals surface area contributed by atoms with Crippen molar-refractivity contribution in [2.75, 3.05) is 5.75 Å². The predicted octanol–water partition coefficient (Wildman–Crippen LogP) is -0.515. The van der Waals surface area contributed by atoms with Crippen LogP contribution < -0.4 is 4.74 Å². The zero-order valence-electron chi connectivity index (χ0n) is 10.7. The maximum absolute atomic E-state index is 11.4. The second-order valence-corrected chi connectivity index (χ2v) is 5.45. The Hall–Kier alpha value is -1.21. The zero-order valence-corrected chi connectivity index (χ0v) is 11.5. The molecule has 5 nitrogen and oxygen atoms in total. The van der Waals surface area contributed by atoms with Gasteiger partial charge in [0.1, 0.15) is 5.75 Å². The molecule has 0 aliphatic carbocycles. The Bertz CT molecular complexity index is 600. The second-order valence-electron chi connectivity index (χ2n) is 3.99. The van der Waals surface area contributed by atoms with Gasteiger partial charge in [0.25, 0.3) is 10.1 Å². The van der Waals surface area contributed by atoms with E-state index in [1.807, 2.05) is 0 Å². The van der Waals surface area contributed by atoms with Crippen molar-refractivity contribution in [2.45, 2.75) is 19.0 Å². The van der Waals surface area contributed by atoms with Gasteiger partial charge >= 0.3 is 5.97 Å². The van der Waals surface area contributed by atoms with Crippen LogP contribution in [0.5, 0.6) is 5.75 Å². The van der Waals surface area contributed by atoms with E-state index < -0.39 is 21.8 Å². The largest absolute Gasteiger partial charge is 0.425 e. The Morgan fingerprint density at radius 3 is 2.15 bits per heavy atom. The molecule has 0 saturated heterocycles. The number of esters is 1. The van der Waals surface area contributed by atoms with E-state index in [1.54, 1.807) is 6.07 Å². The Kier molecular flexibility index (Phi) is 5.89. The fraction of sp³-hybridized carbons (Fsp3) is 0.364. The first-order valence-electron chi connectivity index (χ1n) is 5.72. The van der Waals surface area contributed by atoms with E-state index in [9.17, 15) is 13.2 Å². The van der Waals surface area contributed by atoms with Crippen LogP contribution in [0.1, 0.15) is 16.7 Å². The lowest BCUT2D eigenvalue weighted by molar-refractivity contribution is -0.131. The van der Waals surface area contributed by atoms with Crippen molar-refractivity contribution in [3.63, 3.8) is 0 Å². The van der Waals surface area contributed by atoms with Gasteiger partial charge in [-0.3, -0.25) is 9.35 Å². The maximum Gasteiger partial charge on any atom is 0.329 e. The minimum Gasteiger partial charge on any atom is -0.425 e. The van der Waals surface area contributed by atoms with E-state index in [2.05, 4.69) is 0 Å². The van der Waals surface area contributed by atoms with Crippen LogP contribution in [0.25, 0.3) is 0 Å². The van der Waals surface area contributed by atoms with Crippen LogP contribution in [-0.4, -0.2) is 48.2 Å². The molecule has 0 amide bonds. The first-order valence-corrected chi connectivity index (χ1v) is 7.33. The molecule has 0 aromatic heterocycles. The zero-order chi connectivity index (χ0) is 15.3. The van der Waals surface area contributed by atoms with E-state index in [0.717, 1.165) is 5.56 Å². The summed E-state index contributed by atoms with van der Waals surface area (Å²) in [6.07, 6.45) is 0.455. The average Bonchev–Trinajstić information content (AvgIpc) is 2.35. The van der Waals surface area contributed by atoms with Gasteiger partial charge in [0.05, 0.1) is 23.5 Å². The molecule has 20 heavy (non-hydrogen) atoms. The average molecular weight is 288 g/mol. The van der Waals surface area contributed by atoms with Gasteiger partial charge in [0.2, 0.25) is 0 Å². The SMILES string of the molecule is [B]Cc1ccc(OC(=O)CS(=O)(=O)O)c(C[B])c1C[B]. The van der Waals surface area contributed by atoms with Crippen molar-refractivity contribution in [2.24, 2.45) is 0 Å². The third-order valence-electron chi connectivity index (χ3n) is 2.64. The summed E-state index contributed by atoms with van der Waals surface area (Å²) >= 11 is 0. The monoisotopic (exact) mass is 288 g/mol. The Morgan fingerprint density at radius 1 is 1.10 bits per heavy atom. The molecule has 0 spiro atoms. The Labute approximate surface area is 122 Å². The van der Waals surface area contributed by atoms with Crippen molar-refractivity contribution in [1.29, 1.82) is 0 Å². The van der Waals surface area contributed by atoms with Crippen molar-refractivity contribution in [3.8, 4) is 5.75 Å². The number of benzene rings is 1. The van der Waals surface area contributed by atoms with E-state index in [4.69, 9.17) is 32.8 Å². The molecule has 0 aliphatic rings. The topological polar surface area (TPSA) is 80.7 Å². The summed E-state index contributed by atoms with van der Waals surface area (Å²) in [5.74, 6) is -2.13. The fourth-order valence-corrected chi connectivity index (χ4v) is 2.14. The van der Waals surface area contributed by atoms with Crippen LogP contribution in [0.15, 0.2) is 12.1 Å². The molecule has 0 atom stereocenters. The minimum absolute atomic E-state index is 0.0505. The highest BCUT2D eigenvalue weighted by Crippen LogP contribution is 2.26. The number of hydrogen-bond acceptors (Lipinski definition) is 4. The molecule has 100 valence electrons. The maximum atomic E-state index is 11.4. The van der Waals surface area contributed by atoms with Crippen LogP contribution in [0.3, 0.4) is 0 Å². The molecule has 0 bridgehead atoms. The van der Waals surface area contributed by atoms with Gasteiger partial charge < -0.3 is 4.74 Å². The predicted molar refractivity (Wildman–Crippen MR) is 76.9 cm³/mol. The molecular weight excluding hydrogens is 277 g/mol. The molecule has 0 saturated carbocycles. The van der Waals surface area contributed by atoms with Gasteiger partial charge in [0.15, 0.2) is 5.75 Å². The second kappa shape index (κ2) is 6.99. The van der Waals surface area contributed by atoms with Crippen LogP contribution >= 0.6 is 0 Å². The van der Waals surface area contributed by atoms with Crippen LogP contribution in [-0.2, 0) is 33.9 Å². The summed E-state index contributed by atoms with van der Waals surface area (Å²) < 4.78 is 34.7. The van der Waals surface area contributed by atoms with E-state index >= 15 is 0 Å². The third-order valence-corrected chi connectivity index (χ3v) is 3.24. The molecule has 0 aliphatic heterocycles. The smallest absolute Gasteiger partial charge is 0.329 e. The van der Waals surface area contributed by atoms with E-state index in [0.29, 0.717) is 11.1 Å². The van der Waals surface area contributed by atoms with Crippen molar-refractivity contribution < 1.29 is 22.5 Å². The van der Waals surface area contributed by atoms with Gasteiger partial charge in [0, 0.05) is 0 Å². The number of hydrogen-bond donors (Lipinski definition) is 1. The lowest BCUT2D eigenvalue weighted by atomic mass is 9.80. The number of carbonyl (C=O) groups is 1. The van der Waals surface area contributed by atoms with Crippen molar-refractivity contribution in [1.82, 2.24) is 0 Å². The molecular formula is C11H11B3O5S. The molecule has 1 rings (SSSR count). The molecule has 6 radical (unpaired) electrons. The number of carbonyl (C=O) groups excluding carboxylic acids is 1. The van der Waals surface area contributed by atoms with Crippen LogP contribution in [0.4, 0.5) is 0 Å². The third kappa shape index (κ3) is 4.42. The molecule has 0 fully saturated rings.